The average molecular weight is 452 g/mol. The topological polar surface area (TPSA) is 0 Å². The molecule has 168 valence electrons. The zero-order valence-corrected chi connectivity index (χ0v) is 17.0. The zero-order valence-electron chi connectivity index (χ0n) is 17.0. The summed E-state index contributed by atoms with van der Waals surface area (Å²) < 4.78 is 93.9. The highest BCUT2D eigenvalue weighted by molar-refractivity contribution is 5.72. The number of halogens is 7. The van der Waals surface area contributed by atoms with E-state index in [4.69, 9.17) is 0 Å². The number of alkyl halides is 3. The molecule has 0 radical (unpaired) electrons. The highest BCUT2D eigenvalue weighted by atomic mass is 19.4. The molecule has 0 nitrogen and oxygen atoms in total. The molecule has 0 aliphatic heterocycles. The number of benzene rings is 3. The number of unbranched alkanes of at least 4 members (excludes halogenated alkanes) is 1. The van der Waals surface area contributed by atoms with Gasteiger partial charge in [0.15, 0.2) is 5.83 Å². The molecular formula is C25H19F7. The molecular weight excluding hydrogens is 433 g/mol. The van der Waals surface area contributed by atoms with Crippen molar-refractivity contribution in [1.82, 2.24) is 0 Å². The lowest BCUT2D eigenvalue weighted by Gasteiger charge is -2.11. The van der Waals surface area contributed by atoms with Gasteiger partial charge in [0, 0.05) is 12.0 Å². The monoisotopic (exact) mass is 452 g/mol. The number of hydrogen-bond donors (Lipinski definition) is 0. The van der Waals surface area contributed by atoms with E-state index in [1.54, 1.807) is 24.3 Å². The summed E-state index contributed by atoms with van der Waals surface area (Å²) in [5.74, 6) is -5.06. The second-order valence-corrected chi connectivity index (χ2v) is 7.29. The van der Waals surface area contributed by atoms with E-state index in [-0.39, 0.29) is 17.5 Å². The molecule has 0 saturated carbocycles. The normalized spacial score (nSPS) is 12.6. The summed E-state index contributed by atoms with van der Waals surface area (Å²) in [6.07, 6.45) is -3.79. The Kier molecular flexibility index (Phi) is 7.06. The van der Waals surface area contributed by atoms with Crippen molar-refractivity contribution in [3.63, 3.8) is 0 Å². The minimum atomic E-state index is -5.13. The van der Waals surface area contributed by atoms with Gasteiger partial charge in [-0.15, -0.1) is 0 Å². The zero-order chi connectivity index (χ0) is 23.5. The van der Waals surface area contributed by atoms with E-state index < -0.39 is 35.0 Å². The standard InChI is InChI=1S/C25H19F7/c1-2-3-4-20(26)24(29)18-11-9-16(10-12-18)15-5-7-17(8-6-15)19-13-21(27)23(22(28)14-19)25(30,31)32/h5-14H,2-4H2,1H3. The Balaban J connectivity index is 1.84. The highest BCUT2D eigenvalue weighted by Crippen LogP contribution is 2.36. The van der Waals surface area contributed by atoms with Crippen molar-refractivity contribution in [2.45, 2.75) is 32.4 Å². The van der Waals surface area contributed by atoms with Crippen LogP contribution in [-0.2, 0) is 6.18 Å². The van der Waals surface area contributed by atoms with Gasteiger partial charge in [0.2, 0.25) is 0 Å². The first-order valence-corrected chi connectivity index (χ1v) is 9.93. The van der Waals surface area contributed by atoms with Gasteiger partial charge in [-0.25, -0.2) is 17.6 Å². The van der Waals surface area contributed by atoms with Crippen molar-refractivity contribution in [3.05, 3.63) is 89.3 Å². The molecule has 0 amide bonds. The van der Waals surface area contributed by atoms with Crippen LogP contribution < -0.4 is 0 Å². The van der Waals surface area contributed by atoms with Crippen molar-refractivity contribution in [2.75, 3.05) is 0 Å². The van der Waals surface area contributed by atoms with Crippen LogP contribution in [0.25, 0.3) is 28.1 Å². The molecule has 0 N–H and O–H groups in total. The minimum Gasteiger partial charge on any atom is -0.209 e. The summed E-state index contributed by atoms with van der Waals surface area (Å²) in [5.41, 5.74) is -0.149. The molecule has 0 aliphatic carbocycles. The Morgan fingerprint density at radius 3 is 1.59 bits per heavy atom. The van der Waals surface area contributed by atoms with Gasteiger partial charge in [-0.2, -0.15) is 13.2 Å². The summed E-state index contributed by atoms with van der Waals surface area (Å²) >= 11 is 0. The van der Waals surface area contributed by atoms with Crippen LogP contribution in [0.2, 0.25) is 0 Å². The second kappa shape index (κ2) is 9.59. The third-order valence-corrected chi connectivity index (χ3v) is 5.00. The number of hydrogen-bond acceptors (Lipinski definition) is 0. The first-order chi connectivity index (χ1) is 15.1. The fourth-order valence-electron chi connectivity index (χ4n) is 3.27. The third-order valence-electron chi connectivity index (χ3n) is 5.00. The van der Waals surface area contributed by atoms with Gasteiger partial charge >= 0.3 is 6.18 Å². The lowest BCUT2D eigenvalue weighted by molar-refractivity contribution is -0.142. The van der Waals surface area contributed by atoms with E-state index in [1.165, 1.54) is 24.3 Å². The maximum Gasteiger partial charge on any atom is 0.422 e. The Bertz CT molecular complexity index is 1090. The molecule has 0 aromatic heterocycles. The van der Waals surface area contributed by atoms with Crippen LogP contribution in [0.4, 0.5) is 30.7 Å². The minimum absolute atomic E-state index is 0.0374. The quantitative estimate of drug-likeness (QED) is 0.327. The van der Waals surface area contributed by atoms with Crippen LogP contribution in [0.3, 0.4) is 0 Å². The van der Waals surface area contributed by atoms with Gasteiger partial charge in [-0.3, -0.25) is 0 Å². The SMILES string of the molecule is CCCCC(F)=C(F)c1ccc(-c2ccc(-c3cc(F)c(C(F)(F)F)c(F)c3)cc2)cc1. The van der Waals surface area contributed by atoms with Crippen molar-refractivity contribution in [2.24, 2.45) is 0 Å². The van der Waals surface area contributed by atoms with Crippen LogP contribution in [0.1, 0.15) is 37.3 Å². The van der Waals surface area contributed by atoms with E-state index in [2.05, 4.69) is 0 Å². The molecule has 0 heterocycles. The van der Waals surface area contributed by atoms with E-state index in [0.717, 1.165) is 6.42 Å². The molecule has 0 fully saturated rings. The lowest BCUT2D eigenvalue weighted by Crippen LogP contribution is -2.11. The molecule has 0 saturated heterocycles. The summed E-state index contributed by atoms with van der Waals surface area (Å²) in [6, 6.07) is 13.6. The Labute approximate surface area is 181 Å². The summed E-state index contributed by atoms with van der Waals surface area (Å²) in [7, 11) is 0. The largest absolute Gasteiger partial charge is 0.422 e. The van der Waals surface area contributed by atoms with Crippen LogP contribution in [0.5, 0.6) is 0 Å². The van der Waals surface area contributed by atoms with E-state index >= 15 is 0 Å². The molecule has 0 unspecified atom stereocenters. The average Bonchev–Trinajstić information content (AvgIpc) is 2.75. The van der Waals surface area contributed by atoms with Gasteiger partial charge in [-0.05, 0) is 40.8 Å². The molecule has 7 heteroatoms. The van der Waals surface area contributed by atoms with Crippen LogP contribution in [-0.4, -0.2) is 0 Å². The molecule has 3 rings (SSSR count). The molecule has 3 aromatic carbocycles. The van der Waals surface area contributed by atoms with E-state index in [9.17, 15) is 30.7 Å². The molecule has 32 heavy (non-hydrogen) atoms. The van der Waals surface area contributed by atoms with Gasteiger partial charge in [0.25, 0.3) is 0 Å². The van der Waals surface area contributed by atoms with Crippen molar-refractivity contribution in [1.29, 1.82) is 0 Å². The predicted octanol–water partition coefficient (Wildman–Crippen LogP) is 9.12. The molecule has 3 aromatic rings. The van der Waals surface area contributed by atoms with E-state index in [1.807, 2.05) is 6.92 Å². The fourth-order valence-corrected chi connectivity index (χ4v) is 3.27. The number of allylic oxidation sites excluding steroid dienone is 1. The molecule has 0 bridgehead atoms. The van der Waals surface area contributed by atoms with Gasteiger partial charge in [0.1, 0.15) is 23.0 Å². The van der Waals surface area contributed by atoms with Crippen LogP contribution in [0, 0.1) is 11.6 Å². The van der Waals surface area contributed by atoms with E-state index in [0.29, 0.717) is 35.2 Å². The second-order valence-electron chi connectivity index (χ2n) is 7.29. The lowest BCUT2D eigenvalue weighted by atomic mass is 9.98. The molecule has 0 spiro atoms. The Morgan fingerprint density at radius 1 is 0.719 bits per heavy atom. The van der Waals surface area contributed by atoms with Crippen LogP contribution in [0.15, 0.2) is 66.5 Å². The summed E-state index contributed by atoms with van der Waals surface area (Å²) in [5, 5.41) is 0. The maximum atomic E-state index is 14.2. The van der Waals surface area contributed by atoms with Crippen molar-refractivity contribution >= 4 is 5.83 Å². The smallest absolute Gasteiger partial charge is 0.209 e. The third kappa shape index (κ3) is 5.21. The fraction of sp³-hybridized carbons (Fsp3) is 0.200. The number of rotatable bonds is 6. The van der Waals surface area contributed by atoms with Crippen molar-refractivity contribution in [3.8, 4) is 22.3 Å². The summed E-state index contributed by atoms with van der Waals surface area (Å²) in [6.45, 7) is 1.88. The first kappa shape index (κ1) is 23.6. The van der Waals surface area contributed by atoms with Gasteiger partial charge in [0.05, 0.1) is 0 Å². The van der Waals surface area contributed by atoms with Gasteiger partial charge < -0.3 is 0 Å². The Morgan fingerprint density at radius 2 is 1.16 bits per heavy atom. The highest BCUT2D eigenvalue weighted by Gasteiger charge is 2.37. The molecule has 0 atom stereocenters. The van der Waals surface area contributed by atoms with Crippen molar-refractivity contribution < 1.29 is 30.7 Å². The molecule has 0 aliphatic rings. The van der Waals surface area contributed by atoms with Gasteiger partial charge in [-0.1, -0.05) is 61.9 Å². The maximum absolute atomic E-state index is 14.2. The predicted molar refractivity (Wildman–Crippen MR) is 111 cm³/mol. The summed E-state index contributed by atoms with van der Waals surface area (Å²) in [4.78, 5) is 0. The Hall–Kier alpha value is -3.09. The van der Waals surface area contributed by atoms with Crippen LogP contribution >= 0.6 is 0 Å². The first-order valence-electron chi connectivity index (χ1n) is 9.93.